The number of amides is 1. The molecule has 0 heterocycles. The lowest BCUT2D eigenvalue weighted by atomic mass is 10.0. The Bertz CT molecular complexity index is 723. The predicted octanol–water partition coefficient (Wildman–Crippen LogP) is 4.09. The Labute approximate surface area is 155 Å². The van der Waals surface area contributed by atoms with Crippen LogP contribution in [0.2, 0.25) is 0 Å². The van der Waals surface area contributed by atoms with Gasteiger partial charge in [0, 0.05) is 12.6 Å². The van der Waals surface area contributed by atoms with Gasteiger partial charge in [-0.1, -0.05) is 36.4 Å². The van der Waals surface area contributed by atoms with Crippen LogP contribution < -0.4 is 4.74 Å². The van der Waals surface area contributed by atoms with Crippen molar-refractivity contribution in [3.8, 4) is 16.9 Å². The summed E-state index contributed by atoms with van der Waals surface area (Å²) in [5, 5.41) is 9.65. The van der Waals surface area contributed by atoms with Crippen LogP contribution in [0.5, 0.6) is 5.75 Å². The summed E-state index contributed by atoms with van der Waals surface area (Å²) >= 11 is 0. The third-order valence-electron chi connectivity index (χ3n) is 3.73. The van der Waals surface area contributed by atoms with Gasteiger partial charge in [0.25, 0.3) is 0 Å². The van der Waals surface area contributed by atoms with E-state index in [1.165, 1.54) is 4.90 Å². The highest BCUT2D eigenvalue weighted by Crippen LogP contribution is 2.26. The molecule has 0 fully saturated rings. The van der Waals surface area contributed by atoms with Crippen molar-refractivity contribution in [2.24, 2.45) is 0 Å². The molecule has 0 saturated carbocycles. The summed E-state index contributed by atoms with van der Waals surface area (Å²) in [6.07, 6.45) is -0.386. The van der Waals surface area contributed by atoms with Crippen molar-refractivity contribution < 1.29 is 19.4 Å². The second kappa shape index (κ2) is 8.72. The van der Waals surface area contributed by atoms with Crippen LogP contribution in [0.15, 0.2) is 48.5 Å². The van der Waals surface area contributed by atoms with Crippen LogP contribution in [0, 0.1) is 0 Å². The largest absolute Gasteiger partial charge is 0.491 e. The van der Waals surface area contributed by atoms with E-state index in [9.17, 15) is 9.90 Å². The lowest BCUT2D eigenvalue weighted by Gasteiger charge is -2.24. The van der Waals surface area contributed by atoms with Crippen LogP contribution in [0.25, 0.3) is 11.1 Å². The van der Waals surface area contributed by atoms with E-state index in [2.05, 4.69) is 0 Å². The van der Waals surface area contributed by atoms with Crippen LogP contribution in [0.1, 0.15) is 26.3 Å². The Morgan fingerprint density at radius 1 is 1.08 bits per heavy atom. The van der Waals surface area contributed by atoms with Gasteiger partial charge in [0.1, 0.15) is 18.0 Å². The molecule has 5 nitrogen and oxygen atoms in total. The molecule has 1 N–H and O–H groups in total. The van der Waals surface area contributed by atoms with Crippen molar-refractivity contribution >= 4 is 6.09 Å². The summed E-state index contributed by atoms with van der Waals surface area (Å²) in [6.45, 7) is 6.08. The fourth-order valence-corrected chi connectivity index (χ4v) is 2.38. The molecule has 0 atom stereocenters. The molecule has 140 valence electrons. The lowest BCUT2D eigenvalue weighted by Crippen LogP contribution is -2.36. The van der Waals surface area contributed by atoms with E-state index < -0.39 is 5.60 Å². The second-order valence-corrected chi connectivity index (χ2v) is 7.10. The first-order chi connectivity index (χ1) is 12.3. The zero-order valence-corrected chi connectivity index (χ0v) is 15.9. The molecular weight excluding hydrogens is 330 g/mol. The molecule has 1 amide bonds. The summed E-state index contributed by atoms with van der Waals surface area (Å²) in [6, 6.07) is 15.7. The fourth-order valence-electron chi connectivity index (χ4n) is 2.38. The number of aliphatic hydroxyl groups excluding tert-OH is 1. The van der Waals surface area contributed by atoms with Crippen molar-refractivity contribution in [3.63, 3.8) is 0 Å². The molecule has 0 aromatic heterocycles. The van der Waals surface area contributed by atoms with Gasteiger partial charge in [0.05, 0.1) is 13.2 Å². The van der Waals surface area contributed by atoms with Crippen LogP contribution in [-0.2, 0) is 11.3 Å². The van der Waals surface area contributed by atoms with Gasteiger partial charge >= 0.3 is 6.09 Å². The quantitative estimate of drug-likeness (QED) is 0.846. The third-order valence-corrected chi connectivity index (χ3v) is 3.73. The van der Waals surface area contributed by atoms with Gasteiger partial charge in [-0.05, 0) is 44.0 Å². The average molecular weight is 357 g/mol. The molecule has 0 aliphatic heterocycles. The first-order valence-electron chi connectivity index (χ1n) is 8.66. The minimum absolute atomic E-state index is 0.113. The van der Waals surface area contributed by atoms with Crippen LogP contribution in [0.4, 0.5) is 4.79 Å². The number of benzene rings is 2. The smallest absolute Gasteiger partial charge is 0.410 e. The number of carbonyl (C=O) groups is 1. The molecule has 0 bridgehead atoms. The molecule has 5 heteroatoms. The molecule has 2 rings (SSSR count). The Hall–Kier alpha value is -2.53. The molecule has 0 unspecified atom stereocenters. The van der Waals surface area contributed by atoms with Gasteiger partial charge in [0.2, 0.25) is 0 Å². The van der Waals surface area contributed by atoms with E-state index in [0.29, 0.717) is 24.5 Å². The first kappa shape index (κ1) is 19.8. The van der Waals surface area contributed by atoms with E-state index in [-0.39, 0.29) is 12.7 Å². The molecule has 26 heavy (non-hydrogen) atoms. The Morgan fingerprint density at radius 2 is 1.77 bits per heavy atom. The number of likely N-dealkylation sites (N-methyl/N-ethyl adjacent to an activating group) is 1. The third kappa shape index (κ3) is 5.77. The number of rotatable bonds is 6. The number of ether oxygens (including phenoxy) is 2. The molecule has 0 saturated heterocycles. The topological polar surface area (TPSA) is 59.0 Å². The predicted molar refractivity (Wildman–Crippen MR) is 102 cm³/mol. The summed E-state index contributed by atoms with van der Waals surface area (Å²) in [5.74, 6) is 0.616. The van der Waals surface area contributed by atoms with Gasteiger partial charge in [-0.25, -0.2) is 4.79 Å². The lowest BCUT2D eigenvalue weighted by molar-refractivity contribution is 0.0278. The highest BCUT2D eigenvalue weighted by Gasteiger charge is 2.19. The maximum absolute atomic E-state index is 11.9. The first-order valence-corrected chi connectivity index (χ1v) is 8.66. The molecule has 0 aliphatic carbocycles. The summed E-state index contributed by atoms with van der Waals surface area (Å²) in [7, 11) is 1.67. The van der Waals surface area contributed by atoms with Crippen LogP contribution in [-0.4, -0.2) is 41.9 Å². The molecule has 2 aromatic rings. The summed E-state index contributed by atoms with van der Waals surface area (Å²) in [4.78, 5) is 13.4. The maximum Gasteiger partial charge on any atom is 0.410 e. The van der Waals surface area contributed by atoms with E-state index >= 15 is 0 Å². The number of hydrogen-bond acceptors (Lipinski definition) is 4. The van der Waals surface area contributed by atoms with Gasteiger partial charge in [-0.2, -0.15) is 0 Å². The zero-order valence-electron chi connectivity index (χ0n) is 15.9. The number of nitrogens with zero attached hydrogens (tertiary/aromatic N) is 1. The summed E-state index contributed by atoms with van der Waals surface area (Å²) in [5.41, 5.74) is 2.29. The number of carbonyl (C=O) groups excluding carboxylic acids is 1. The SMILES string of the molecule is CN(CCOc1ccc(-c2ccccc2)cc1CO)C(=O)OC(C)(C)C. The van der Waals surface area contributed by atoms with Crippen LogP contribution >= 0.6 is 0 Å². The van der Waals surface area contributed by atoms with Crippen molar-refractivity contribution in [2.45, 2.75) is 33.0 Å². The second-order valence-electron chi connectivity index (χ2n) is 7.10. The minimum atomic E-state index is -0.524. The molecule has 0 spiro atoms. The molecule has 0 aliphatic rings. The van der Waals surface area contributed by atoms with Crippen molar-refractivity contribution in [1.82, 2.24) is 4.90 Å². The van der Waals surface area contributed by atoms with Gasteiger partial charge < -0.3 is 19.5 Å². The highest BCUT2D eigenvalue weighted by molar-refractivity contribution is 5.67. The van der Waals surface area contributed by atoms with Crippen LogP contribution in [0.3, 0.4) is 0 Å². The van der Waals surface area contributed by atoms with Crippen molar-refractivity contribution in [1.29, 1.82) is 0 Å². The van der Waals surface area contributed by atoms with Gasteiger partial charge in [-0.15, -0.1) is 0 Å². The van der Waals surface area contributed by atoms with E-state index in [0.717, 1.165) is 11.1 Å². The van der Waals surface area contributed by atoms with E-state index in [4.69, 9.17) is 9.47 Å². The Kier molecular flexibility index (Phi) is 6.64. The van der Waals surface area contributed by atoms with Gasteiger partial charge in [0.15, 0.2) is 0 Å². The molecular formula is C21H27NO4. The number of aliphatic hydroxyl groups is 1. The summed E-state index contributed by atoms with van der Waals surface area (Å²) < 4.78 is 11.1. The zero-order chi connectivity index (χ0) is 19.2. The normalized spacial score (nSPS) is 11.1. The Morgan fingerprint density at radius 3 is 2.38 bits per heavy atom. The fraction of sp³-hybridized carbons (Fsp3) is 0.381. The monoisotopic (exact) mass is 357 g/mol. The van der Waals surface area contributed by atoms with Gasteiger partial charge in [-0.3, -0.25) is 0 Å². The average Bonchev–Trinajstić information content (AvgIpc) is 2.61. The number of hydrogen-bond donors (Lipinski definition) is 1. The van der Waals surface area contributed by atoms with E-state index in [1.807, 2.05) is 69.3 Å². The van der Waals surface area contributed by atoms with E-state index in [1.54, 1.807) is 7.05 Å². The van der Waals surface area contributed by atoms with Crippen molar-refractivity contribution in [2.75, 3.05) is 20.2 Å². The Balaban J connectivity index is 1.96. The molecule has 2 aromatic carbocycles. The maximum atomic E-state index is 11.9. The standard InChI is InChI=1S/C21H27NO4/c1-21(2,3)26-20(24)22(4)12-13-25-19-11-10-17(14-18(19)15-23)16-8-6-5-7-9-16/h5-11,14,23H,12-13,15H2,1-4H3. The molecule has 0 radical (unpaired) electrons. The minimum Gasteiger partial charge on any atom is -0.491 e. The highest BCUT2D eigenvalue weighted by atomic mass is 16.6. The van der Waals surface area contributed by atoms with Crippen molar-refractivity contribution in [3.05, 3.63) is 54.1 Å².